The number of hydrogen-bond acceptors (Lipinski definition) is 3. The summed E-state index contributed by atoms with van der Waals surface area (Å²) in [6.45, 7) is 0. The van der Waals surface area contributed by atoms with Gasteiger partial charge in [0.15, 0.2) is 0 Å². The van der Waals surface area contributed by atoms with Crippen LogP contribution in [0.1, 0.15) is 24.3 Å². The molecule has 2 nitrogen and oxygen atoms in total. The molecular formula is C15H17NOS. The van der Waals surface area contributed by atoms with E-state index in [0.717, 1.165) is 29.8 Å². The number of aromatic nitrogens is 1. The van der Waals surface area contributed by atoms with Gasteiger partial charge in [0, 0.05) is 6.42 Å². The molecule has 3 rings (SSSR count). The fourth-order valence-electron chi connectivity index (χ4n) is 2.52. The molecule has 0 radical (unpaired) electrons. The third-order valence-electron chi connectivity index (χ3n) is 3.58. The monoisotopic (exact) mass is 259 g/mol. The minimum Gasteiger partial charge on any atom is -0.392 e. The number of benzene rings is 1. The highest BCUT2D eigenvalue weighted by molar-refractivity contribution is 7.18. The second kappa shape index (κ2) is 5.21. The second-order valence-electron chi connectivity index (χ2n) is 4.89. The highest BCUT2D eigenvalue weighted by Gasteiger charge is 2.21. The van der Waals surface area contributed by atoms with E-state index in [0.29, 0.717) is 12.3 Å². The number of rotatable bonds is 3. The van der Waals surface area contributed by atoms with Crippen molar-refractivity contribution in [3.63, 3.8) is 0 Å². The van der Waals surface area contributed by atoms with Crippen molar-refractivity contribution in [1.82, 2.24) is 4.98 Å². The van der Waals surface area contributed by atoms with Gasteiger partial charge in [0.05, 0.1) is 21.3 Å². The van der Waals surface area contributed by atoms with Crippen molar-refractivity contribution in [3.8, 4) is 0 Å². The Morgan fingerprint density at radius 3 is 3.00 bits per heavy atom. The van der Waals surface area contributed by atoms with Crippen LogP contribution in [0.5, 0.6) is 0 Å². The van der Waals surface area contributed by atoms with Gasteiger partial charge in [-0.1, -0.05) is 24.3 Å². The molecule has 18 heavy (non-hydrogen) atoms. The third kappa shape index (κ3) is 2.47. The highest BCUT2D eigenvalue weighted by atomic mass is 32.1. The molecule has 1 heterocycles. The normalized spacial score (nSPS) is 21.3. The van der Waals surface area contributed by atoms with Crippen molar-refractivity contribution in [3.05, 3.63) is 41.4 Å². The number of fused-ring (bicyclic) bond motifs is 1. The number of nitrogens with zero attached hydrogens (tertiary/aromatic N) is 1. The minimum atomic E-state index is -0.254. The molecule has 2 unspecified atom stereocenters. The zero-order chi connectivity index (χ0) is 12.4. The first kappa shape index (κ1) is 11.9. The van der Waals surface area contributed by atoms with E-state index in [-0.39, 0.29) is 6.10 Å². The summed E-state index contributed by atoms with van der Waals surface area (Å²) in [5.74, 6) is 0.405. The van der Waals surface area contributed by atoms with E-state index < -0.39 is 0 Å². The lowest BCUT2D eigenvalue weighted by molar-refractivity contribution is 0.102. The van der Waals surface area contributed by atoms with Crippen molar-refractivity contribution in [1.29, 1.82) is 0 Å². The van der Waals surface area contributed by atoms with Gasteiger partial charge in [0.1, 0.15) is 0 Å². The maximum absolute atomic E-state index is 10.3. The van der Waals surface area contributed by atoms with Crippen molar-refractivity contribution in [2.75, 3.05) is 0 Å². The van der Waals surface area contributed by atoms with Gasteiger partial charge in [-0.3, -0.25) is 0 Å². The number of allylic oxidation sites excluding steroid dienone is 2. The van der Waals surface area contributed by atoms with Crippen LogP contribution < -0.4 is 0 Å². The van der Waals surface area contributed by atoms with Crippen molar-refractivity contribution in [2.24, 2.45) is 5.92 Å². The van der Waals surface area contributed by atoms with E-state index >= 15 is 0 Å². The fourth-order valence-corrected chi connectivity index (χ4v) is 3.54. The van der Waals surface area contributed by atoms with Crippen molar-refractivity contribution < 1.29 is 5.11 Å². The van der Waals surface area contributed by atoms with E-state index in [2.05, 4.69) is 23.2 Å². The quantitative estimate of drug-likeness (QED) is 0.855. The summed E-state index contributed by atoms with van der Waals surface area (Å²) in [7, 11) is 0. The number of thiazole rings is 1. The standard InChI is InChI=1S/C15H17NOS/c17-13(11-6-2-1-3-7-11)10-15-16-12-8-4-5-9-14(12)18-15/h1-2,4-5,8-9,11,13,17H,3,6-7,10H2. The number of hydrogen-bond donors (Lipinski definition) is 1. The lowest BCUT2D eigenvalue weighted by Gasteiger charge is -2.22. The average Bonchev–Trinajstić information content (AvgIpc) is 2.82. The van der Waals surface area contributed by atoms with Crippen molar-refractivity contribution in [2.45, 2.75) is 31.8 Å². The molecule has 2 aromatic rings. The molecule has 2 atom stereocenters. The molecular weight excluding hydrogens is 242 g/mol. The Bertz CT molecular complexity index is 527. The number of para-hydroxylation sites is 1. The molecule has 0 amide bonds. The summed E-state index contributed by atoms with van der Waals surface area (Å²) in [6.07, 6.45) is 8.04. The summed E-state index contributed by atoms with van der Waals surface area (Å²) in [5.41, 5.74) is 1.05. The van der Waals surface area contributed by atoms with Gasteiger partial charge in [-0.15, -0.1) is 11.3 Å². The Morgan fingerprint density at radius 2 is 2.22 bits per heavy atom. The van der Waals surface area contributed by atoms with Gasteiger partial charge in [-0.2, -0.15) is 0 Å². The molecule has 1 aromatic carbocycles. The first-order valence-electron chi connectivity index (χ1n) is 6.50. The SMILES string of the molecule is OC(Cc1nc2ccccc2s1)C1CC=CCC1. The zero-order valence-electron chi connectivity index (χ0n) is 10.2. The van der Waals surface area contributed by atoms with E-state index in [4.69, 9.17) is 0 Å². The van der Waals surface area contributed by atoms with E-state index in [9.17, 15) is 5.11 Å². The summed E-state index contributed by atoms with van der Waals surface area (Å²) >= 11 is 1.70. The molecule has 0 spiro atoms. The first-order valence-corrected chi connectivity index (χ1v) is 7.32. The average molecular weight is 259 g/mol. The topological polar surface area (TPSA) is 33.1 Å². The fraction of sp³-hybridized carbons (Fsp3) is 0.400. The Kier molecular flexibility index (Phi) is 3.43. The Balaban J connectivity index is 1.73. The van der Waals surface area contributed by atoms with E-state index in [1.807, 2.05) is 18.2 Å². The molecule has 1 aliphatic carbocycles. The van der Waals surface area contributed by atoms with Crippen LogP contribution in [0.4, 0.5) is 0 Å². The van der Waals surface area contributed by atoms with Crippen LogP contribution in [0, 0.1) is 5.92 Å². The molecule has 94 valence electrons. The first-order chi connectivity index (χ1) is 8.83. The summed E-state index contributed by atoms with van der Waals surface area (Å²) in [6, 6.07) is 8.16. The maximum atomic E-state index is 10.3. The van der Waals surface area contributed by atoms with Crippen LogP contribution in [0.25, 0.3) is 10.2 Å². The van der Waals surface area contributed by atoms with Gasteiger partial charge in [-0.25, -0.2) is 4.98 Å². The molecule has 0 saturated heterocycles. The summed E-state index contributed by atoms with van der Waals surface area (Å²) in [5, 5.41) is 11.3. The van der Waals surface area contributed by atoms with Crippen LogP contribution in [-0.4, -0.2) is 16.2 Å². The molecule has 0 saturated carbocycles. The van der Waals surface area contributed by atoms with Crippen LogP contribution in [-0.2, 0) is 6.42 Å². The second-order valence-corrected chi connectivity index (χ2v) is 6.01. The van der Waals surface area contributed by atoms with Crippen molar-refractivity contribution >= 4 is 21.6 Å². The van der Waals surface area contributed by atoms with Gasteiger partial charge in [0.2, 0.25) is 0 Å². The molecule has 0 fully saturated rings. The molecule has 0 bridgehead atoms. The predicted octanol–water partition coefficient (Wildman–Crippen LogP) is 3.56. The van der Waals surface area contributed by atoms with Gasteiger partial charge in [-0.05, 0) is 37.3 Å². The van der Waals surface area contributed by atoms with Gasteiger partial charge >= 0.3 is 0 Å². The number of aliphatic hydroxyl groups excluding tert-OH is 1. The molecule has 3 heteroatoms. The van der Waals surface area contributed by atoms with Crippen LogP contribution in [0.15, 0.2) is 36.4 Å². The Labute approximate surface area is 111 Å². The summed E-state index contributed by atoms with van der Waals surface area (Å²) < 4.78 is 1.21. The van der Waals surface area contributed by atoms with Gasteiger partial charge < -0.3 is 5.11 Å². The third-order valence-corrected chi connectivity index (χ3v) is 4.63. The van der Waals surface area contributed by atoms with E-state index in [1.165, 1.54) is 4.70 Å². The molecule has 1 aromatic heterocycles. The number of aliphatic hydroxyl groups is 1. The zero-order valence-corrected chi connectivity index (χ0v) is 11.1. The molecule has 0 aliphatic heterocycles. The van der Waals surface area contributed by atoms with Gasteiger partial charge in [0.25, 0.3) is 0 Å². The highest BCUT2D eigenvalue weighted by Crippen LogP contribution is 2.27. The molecule has 1 aliphatic rings. The smallest absolute Gasteiger partial charge is 0.0964 e. The Morgan fingerprint density at radius 1 is 1.33 bits per heavy atom. The van der Waals surface area contributed by atoms with Crippen LogP contribution in [0.2, 0.25) is 0 Å². The minimum absolute atomic E-state index is 0.254. The largest absolute Gasteiger partial charge is 0.392 e. The molecule has 1 N–H and O–H groups in total. The van der Waals surface area contributed by atoms with Crippen LogP contribution >= 0.6 is 11.3 Å². The van der Waals surface area contributed by atoms with E-state index in [1.54, 1.807) is 11.3 Å². The summed E-state index contributed by atoms with van der Waals surface area (Å²) in [4.78, 5) is 4.59. The lowest BCUT2D eigenvalue weighted by Crippen LogP contribution is -2.23. The lowest BCUT2D eigenvalue weighted by atomic mass is 9.88. The Hall–Kier alpha value is -1.19. The maximum Gasteiger partial charge on any atom is 0.0964 e. The predicted molar refractivity (Wildman–Crippen MR) is 75.8 cm³/mol. The van der Waals surface area contributed by atoms with Crippen LogP contribution in [0.3, 0.4) is 0 Å².